The molecule has 21 heavy (non-hydrogen) atoms. The number of hydrazine groups is 1. The van der Waals surface area contributed by atoms with E-state index in [0.717, 1.165) is 11.6 Å². The van der Waals surface area contributed by atoms with Gasteiger partial charge in [-0.25, -0.2) is 10.8 Å². The van der Waals surface area contributed by atoms with Gasteiger partial charge in [0.15, 0.2) is 5.69 Å². The van der Waals surface area contributed by atoms with Gasteiger partial charge in [0.25, 0.3) is 0 Å². The summed E-state index contributed by atoms with van der Waals surface area (Å²) in [6.45, 7) is 3.67. The lowest BCUT2D eigenvalue weighted by atomic mass is 10.2. The fraction of sp³-hybridized carbons (Fsp3) is 0.364. The number of aromatic nitrogens is 3. The SMILES string of the molecule is Cc1noc(C)c1CNc1cc(C(F)(F)F)nc(NN)n1. The molecule has 0 radical (unpaired) electrons. The van der Waals surface area contributed by atoms with Crippen molar-refractivity contribution in [2.45, 2.75) is 26.6 Å². The average Bonchev–Trinajstić information content (AvgIpc) is 2.74. The number of nitrogens with two attached hydrogens (primary N) is 1. The van der Waals surface area contributed by atoms with Crippen LogP contribution in [0.3, 0.4) is 0 Å². The van der Waals surface area contributed by atoms with Crippen LogP contribution in [0.5, 0.6) is 0 Å². The third-order valence-electron chi connectivity index (χ3n) is 2.77. The van der Waals surface area contributed by atoms with Crippen LogP contribution in [0.4, 0.5) is 24.9 Å². The van der Waals surface area contributed by atoms with Crippen LogP contribution in [0.15, 0.2) is 10.6 Å². The highest BCUT2D eigenvalue weighted by Gasteiger charge is 2.33. The third-order valence-corrected chi connectivity index (χ3v) is 2.77. The molecule has 0 bridgehead atoms. The molecular formula is C11H13F3N6O. The van der Waals surface area contributed by atoms with E-state index in [-0.39, 0.29) is 18.3 Å². The number of halogens is 3. The Hall–Kier alpha value is -2.36. The summed E-state index contributed by atoms with van der Waals surface area (Å²) in [6.07, 6.45) is -4.59. The van der Waals surface area contributed by atoms with Crippen molar-refractivity contribution in [2.24, 2.45) is 5.84 Å². The number of rotatable bonds is 4. The normalized spacial score (nSPS) is 11.5. The topological polar surface area (TPSA) is 102 Å². The summed E-state index contributed by atoms with van der Waals surface area (Å²) < 4.78 is 43.1. The fourth-order valence-electron chi connectivity index (χ4n) is 1.68. The molecule has 0 spiro atoms. The van der Waals surface area contributed by atoms with E-state index in [0.29, 0.717) is 11.5 Å². The molecule has 0 aromatic carbocycles. The maximum absolute atomic E-state index is 12.7. The van der Waals surface area contributed by atoms with Crippen LogP contribution < -0.4 is 16.6 Å². The maximum Gasteiger partial charge on any atom is 0.433 e. The molecule has 10 heteroatoms. The van der Waals surface area contributed by atoms with Gasteiger partial charge in [0.1, 0.15) is 11.6 Å². The van der Waals surface area contributed by atoms with E-state index in [1.54, 1.807) is 13.8 Å². The van der Waals surface area contributed by atoms with Gasteiger partial charge in [-0.2, -0.15) is 18.2 Å². The Morgan fingerprint density at radius 2 is 2.00 bits per heavy atom. The van der Waals surface area contributed by atoms with Crippen LogP contribution >= 0.6 is 0 Å². The second-order valence-electron chi connectivity index (χ2n) is 4.26. The summed E-state index contributed by atoms with van der Waals surface area (Å²) in [4.78, 5) is 7.07. The van der Waals surface area contributed by atoms with E-state index in [9.17, 15) is 13.2 Å². The van der Waals surface area contributed by atoms with Crippen molar-refractivity contribution in [1.82, 2.24) is 15.1 Å². The molecule has 0 saturated heterocycles. The van der Waals surface area contributed by atoms with Crippen LogP contribution in [-0.4, -0.2) is 15.1 Å². The van der Waals surface area contributed by atoms with Crippen LogP contribution in [0.1, 0.15) is 22.7 Å². The van der Waals surface area contributed by atoms with Gasteiger partial charge in [-0.3, -0.25) is 5.43 Å². The second-order valence-corrected chi connectivity index (χ2v) is 4.26. The number of nitrogen functional groups attached to an aromatic ring is 1. The number of alkyl halides is 3. The Kier molecular flexibility index (Phi) is 3.98. The molecule has 0 fully saturated rings. The van der Waals surface area contributed by atoms with Crippen molar-refractivity contribution in [2.75, 3.05) is 10.7 Å². The van der Waals surface area contributed by atoms with Gasteiger partial charge in [-0.05, 0) is 13.8 Å². The van der Waals surface area contributed by atoms with Crippen LogP contribution in [-0.2, 0) is 12.7 Å². The summed E-state index contributed by atoms with van der Waals surface area (Å²) in [6, 6.07) is 0.805. The van der Waals surface area contributed by atoms with Crippen molar-refractivity contribution in [3.8, 4) is 0 Å². The molecule has 0 aliphatic heterocycles. The Balaban J connectivity index is 2.24. The van der Waals surface area contributed by atoms with E-state index in [4.69, 9.17) is 10.4 Å². The van der Waals surface area contributed by atoms with Gasteiger partial charge in [0.2, 0.25) is 5.95 Å². The molecule has 2 rings (SSSR count). The van der Waals surface area contributed by atoms with Crippen molar-refractivity contribution < 1.29 is 17.7 Å². The molecule has 4 N–H and O–H groups in total. The van der Waals surface area contributed by atoms with Crippen molar-refractivity contribution in [1.29, 1.82) is 0 Å². The Morgan fingerprint density at radius 3 is 2.52 bits per heavy atom. The van der Waals surface area contributed by atoms with Crippen LogP contribution in [0.2, 0.25) is 0 Å². The lowest BCUT2D eigenvalue weighted by Gasteiger charge is -2.11. The zero-order valence-electron chi connectivity index (χ0n) is 11.2. The first-order valence-corrected chi connectivity index (χ1v) is 5.89. The number of hydrogen-bond acceptors (Lipinski definition) is 7. The second kappa shape index (κ2) is 5.56. The van der Waals surface area contributed by atoms with E-state index >= 15 is 0 Å². The minimum Gasteiger partial charge on any atom is -0.366 e. The largest absolute Gasteiger partial charge is 0.433 e. The minimum atomic E-state index is -4.59. The molecular weight excluding hydrogens is 289 g/mol. The van der Waals surface area contributed by atoms with Crippen molar-refractivity contribution in [3.63, 3.8) is 0 Å². The van der Waals surface area contributed by atoms with E-state index < -0.39 is 11.9 Å². The van der Waals surface area contributed by atoms with E-state index in [2.05, 4.69) is 20.4 Å². The van der Waals surface area contributed by atoms with Gasteiger partial charge < -0.3 is 9.84 Å². The predicted octanol–water partition coefficient (Wildman–Crippen LogP) is 2.00. The Labute approximate surface area is 117 Å². The molecule has 2 aromatic rings. The lowest BCUT2D eigenvalue weighted by molar-refractivity contribution is -0.141. The standard InChI is InChI=1S/C11H13F3N6O/c1-5-7(6(2)21-20-5)4-16-9-3-8(11(12,13)14)17-10(18-9)19-15/h3H,4,15H2,1-2H3,(H2,16,17,18,19). The molecule has 2 aromatic heterocycles. The quantitative estimate of drug-likeness (QED) is 0.586. The van der Waals surface area contributed by atoms with E-state index in [1.165, 1.54) is 0 Å². The van der Waals surface area contributed by atoms with Crippen LogP contribution in [0, 0.1) is 13.8 Å². The summed E-state index contributed by atoms with van der Waals surface area (Å²) in [5.41, 5.74) is 2.32. The highest BCUT2D eigenvalue weighted by Crippen LogP contribution is 2.29. The van der Waals surface area contributed by atoms with Gasteiger partial charge in [-0.1, -0.05) is 5.16 Å². The minimum absolute atomic E-state index is 0.00900. The number of hydrogen-bond donors (Lipinski definition) is 3. The molecule has 0 aliphatic carbocycles. The number of anilines is 2. The fourth-order valence-corrected chi connectivity index (χ4v) is 1.68. The molecule has 0 aliphatic rings. The zero-order valence-corrected chi connectivity index (χ0v) is 11.2. The monoisotopic (exact) mass is 302 g/mol. The summed E-state index contributed by atoms with van der Waals surface area (Å²) in [7, 11) is 0. The first-order chi connectivity index (χ1) is 9.81. The highest BCUT2D eigenvalue weighted by molar-refractivity contribution is 5.43. The van der Waals surface area contributed by atoms with Gasteiger partial charge in [-0.15, -0.1) is 0 Å². The first kappa shape index (κ1) is 15.0. The molecule has 0 unspecified atom stereocenters. The number of nitrogens with one attached hydrogen (secondary N) is 2. The molecule has 114 valence electrons. The summed E-state index contributed by atoms with van der Waals surface area (Å²) in [5.74, 6) is 5.32. The first-order valence-electron chi connectivity index (χ1n) is 5.89. The van der Waals surface area contributed by atoms with Gasteiger partial charge >= 0.3 is 6.18 Å². The Bertz CT molecular complexity index is 620. The highest BCUT2D eigenvalue weighted by atomic mass is 19.4. The van der Waals surface area contributed by atoms with Gasteiger partial charge in [0.05, 0.1) is 5.69 Å². The van der Waals surface area contributed by atoms with Crippen molar-refractivity contribution >= 4 is 11.8 Å². The molecule has 2 heterocycles. The third kappa shape index (κ3) is 3.40. The summed E-state index contributed by atoms with van der Waals surface area (Å²) >= 11 is 0. The molecule has 0 amide bonds. The Morgan fingerprint density at radius 1 is 1.29 bits per heavy atom. The molecule has 7 nitrogen and oxygen atoms in total. The molecule has 0 saturated carbocycles. The zero-order chi connectivity index (χ0) is 15.6. The van der Waals surface area contributed by atoms with Crippen LogP contribution in [0.25, 0.3) is 0 Å². The number of nitrogens with zero attached hydrogens (tertiary/aromatic N) is 3. The molecule has 0 atom stereocenters. The summed E-state index contributed by atoms with van der Waals surface area (Å²) in [5, 5.41) is 6.53. The maximum atomic E-state index is 12.7. The smallest absolute Gasteiger partial charge is 0.366 e. The lowest BCUT2D eigenvalue weighted by Crippen LogP contribution is -2.17. The van der Waals surface area contributed by atoms with Gasteiger partial charge in [0, 0.05) is 18.2 Å². The van der Waals surface area contributed by atoms with Crippen molar-refractivity contribution in [3.05, 3.63) is 28.8 Å². The predicted molar refractivity (Wildman–Crippen MR) is 68.1 cm³/mol. The number of aryl methyl sites for hydroxylation is 2. The van der Waals surface area contributed by atoms with E-state index in [1.807, 2.05) is 5.43 Å². The average molecular weight is 302 g/mol.